The molecular weight excluding hydrogens is 484 g/mol. The second-order valence-corrected chi connectivity index (χ2v) is 10.4. The van der Waals surface area contributed by atoms with Gasteiger partial charge in [-0.25, -0.2) is 0 Å². The van der Waals surface area contributed by atoms with E-state index in [-0.39, 0.29) is 29.8 Å². The van der Waals surface area contributed by atoms with E-state index < -0.39 is 12.7 Å². The minimum absolute atomic E-state index is 0.161. The van der Waals surface area contributed by atoms with Crippen LogP contribution >= 0.6 is 15.9 Å². The standard InChI is InChI=1S/C27H37BrO5/c1-7-27(8-2,20-10-12-24(22(28)14-20)32-16-21(30)15-29)19-9-11-23(18(3)13-19)33-17-25(31)26(4,5)6/h9-14,25,29,31H,7-8,15-17H2,1-6H3. The predicted molar refractivity (Wildman–Crippen MR) is 135 cm³/mol. The predicted octanol–water partition coefficient (Wildman–Crippen LogP) is 5.59. The van der Waals surface area contributed by atoms with Crippen molar-refractivity contribution >= 4 is 21.7 Å². The van der Waals surface area contributed by atoms with Crippen molar-refractivity contribution in [3.8, 4) is 11.5 Å². The lowest BCUT2D eigenvalue weighted by molar-refractivity contribution is -0.123. The highest BCUT2D eigenvalue weighted by Crippen LogP contribution is 2.42. The molecule has 0 amide bonds. The topological polar surface area (TPSA) is 76.0 Å². The molecule has 2 aromatic rings. The molecule has 0 saturated carbocycles. The quantitative estimate of drug-likeness (QED) is 0.403. The van der Waals surface area contributed by atoms with Crippen LogP contribution in [0.5, 0.6) is 11.5 Å². The molecule has 1 atom stereocenters. The number of carbonyl (C=O) groups is 1. The highest BCUT2D eigenvalue weighted by atomic mass is 79.9. The fourth-order valence-corrected chi connectivity index (χ4v) is 4.37. The van der Waals surface area contributed by atoms with E-state index in [4.69, 9.17) is 14.6 Å². The van der Waals surface area contributed by atoms with E-state index in [1.54, 1.807) is 0 Å². The van der Waals surface area contributed by atoms with Crippen LogP contribution in [0, 0.1) is 12.3 Å². The molecule has 2 N–H and O–H groups in total. The second-order valence-electron chi connectivity index (χ2n) is 9.59. The van der Waals surface area contributed by atoms with Gasteiger partial charge in [-0.05, 0) is 76.0 Å². The molecular formula is C27H37BrO5. The summed E-state index contributed by atoms with van der Waals surface area (Å²) in [4.78, 5) is 11.4. The number of hydrogen-bond acceptors (Lipinski definition) is 5. The fourth-order valence-electron chi connectivity index (χ4n) is 3.88. The third-order valence-corrected chi connectivity index (χ3v) is 7.00. The zero-order valence-corrected chi connectivity index (χ0v) is 22.2. The zero-order chi connectivity index (χ0) is 24.8. The Morgan fingerprint density at radius 2 is 1.58 bits per heavy atom. The smallest absolute Gasteiger partial charge is 0.195 e. The molecule has 0 saturated heterocycles. The van der Waals surface area contributed by atoms with Gasteiger partial charge in [0.05, 0.1) is 10.6 Å². The lowest BCUT2D eigenvalue weighted by Gasteiger charge is -2.34. The van der Waals surface area contributed by atoms with Gasteiger partial charge in [-0.3, -0.25) is 4.79 Å². The third kappa shape index (κ3) is 6.58. The Kier molecular flexibility index (Phi) is 9.53. The van der Waals surface area contributed by atoms with Crippen LogP contribution in [0.4, 0.5) is 0 Å². The first-order chi connectivity index (χ1) is 15.5. The van der Waals surface area contributed by atoms with E-state index in [9.17, 15) is 9.90 Å². The van der Waals surface area contributed by atoms with Gasteiger partial charge in [0.25, 0.3) is 0 Å². The summed E-state index contributed by atoms with van der Waals surface area (Å²) in [5, 5.41) is 19.2. The molecule has 0 aliphatic carbocycles. The first-order valence-electron chi connectivity index (χ1n) is 11.5. The average Bonchev–Trinajstić information content (AvgIpc) is 2.78. The van der Waals surface area contributed by atoms with E-state index in [2.05, 4.69) is 41.9 Å². The molecule has 0 heterocycles. The van der Waals surface area contributed by atoms with E-state index in [0.29, 0.717) is 5.75 Å². The normalized spacial score (nSPS) is 13.0. The number of aliphatic hydroxyl groups excluding tert-OH is 2. The minimum atomic E-state index is -0.548. The molecule has 5 nitrogen and oxygen atoms in total. The number of rotatable bonds is 11. The molecule has 0 radical (unpaired) electrons. The van der Waals surface area contributed by atoms with Gasteiger partial charge in [-0.15, -0.1) is 0 Å². The van der Waals surface area contributed by atoms with Crippen LogP contribution in [0.1, 0.15) is 64.2 Å². The summed E-state index contributed by atoms with van der Waals surface area (Å²) in [6.07, 6.45) is 1.26. The molecule has 1 unspecified atom stereocenters. The van der Waals surface area contributed by atoms with Gasteiger partial charge in [0, 0.05) is 5.41 Å². The molecule has 6 heteroatoms. The summed E-state index contributed by atoms with van der Waals surface area (Å²) in [5.41, 5.74) is 2.95. The van der Waals surface area contributed by atoms with Gasteiger partial charge in [0.1, 0.15) is 31.3 Å². The van der Waals surface area contributed by atoms with Crippen molar-refractivity contribution in [2.45, 2.75) is 65.9 Å². The average molecular weight is 521 g/mol. The Balaban J connectivity index is 2.32. The number of ketones is 1. The summed E-state index contributed by atoms with van der Waals surface area (Å²) >= 11 is 3.58. The zero-order valence-electron chi connectivity index (χ0n) is 20.6. The first kappa shape index (κ1) is 27.4. The Labute approximate surface area is 206 Å². The van der Waals surface area contributed by atoms with Gasteiger partial charge in [-0.1, -0.05) is 52.8 Å². The van der Waals surface area contributed by atoms with Crippen LogP contribution in [-0.4, -0.2) is 41.9 Å². The molecule has 0 spiro atoms. The molecule has 182 valence electrons. The highest BCUT2D eigenvalue weighted by molar-refractivity contribution is 9.10. The lowest BCUT2D eigenvalue weighted by Crippen LogP contribution is -2.32. The monoisotopic (exact) mass is 520 g/mol. The summed E-state index contributed by atoms with van der Waals surface area (Å²) in [5.74, 6) is 0.982. The van der Waals surface area contributed by atoms with Crippen LogP contribution in [0.2, 0.25) is 0 Å². The summed E-state index contributed by atoms with van der Waals surface area (Å²) in [6, 6.07) is 12.2. The van der Waals surface area contributed by atoms with Crippen molar-refractivity contribution in [3.05, 3.63) is 57.6 Å². The minimum Gasteiger partial charge on any atom is -0.491 e. The van der Waals surface area contributed by atoms with Gasteiger partial charge < -0.3 is 19.7 Å². The van der Waals surface area contributed by atoms with Crippen LogP contribution < -0.4 is 9.47 Å². The van der Waals surface area contributed by atoms with E-state index in [1.165, 1.54) is 5.56 Å². The number of aryl methyl sites for hydroxylation is 1. The largest absolute Gasteiger partial charge is 0.491 e. The van der Waals surface area contributed by atoms with E-state index >= 15 is 0 Å². The van der Waals surface area contributed by atoms with Crippen molar-refractivity contribution < 1.29 is 24.5 Å². The van der Waals surface area contributed by atoms with Crippen LogP contribution in [0.15, 0.2) is 40.9 Å². The summed E-state index contributed by atoms with van der Waals surface area (Å²) in [7, 11) is 0. The molecule has 0 bridgehead atoms. The van der Waals surface area contributed by atoms with Gasteiger partial charge in [0.15, 0.2) is 5.78 Å². The molecule has 2 aromatic carbocycles. The maximum Gasteiger partial charge on any atom is 0.195 e. The van der Waals surface area contributed by atoms with Crippen LogP contribution in [0.25, 0.3) is 0 Å². The maximum atomic E-state index is 11.4. The van der Waals surface area contributed by atoms with Crippen molar-refractivity contribution in [2.75, 3.05) is 19.8 Å². The first-order valence-corrected chi connectivity index (χ1v) is 12.2. The SMILES string of the molecule is CCC(CC)(c1ccc(OCC(O)C(C)(C)C)c(C)c1)c1ccc(OCC(=O)CO)c(Br)c1. The number of hydrogen-bond donors (Lipinski definition) is 2. The molecule has 0 aliphatic rings. The number of carbonyl (C=O) groups excluding carboxylic acids is 1. The summed E-state index contributed by atoms with van der Waals surface area (Å²) in [6.45, 7) is 11.9. The third-order valence-electron chi connectivity index (χ3n) is 6.38. The summed E-state index contributed by atoms with van der Waals surface area (Å²) < 4.78 is 12.2. The number of aliphatic hydroxyl groups is 2. The number of Topliss-reactive ketones (excluding diaryl/α,β-unsaturated/α-hetero) is 1. The Morgan fingerprint density at radius 3 is 2.06 bits per heavy atom. The number of halogens is 1. The highest BCUT2D eigenvalue weighted by Gasteiger charge is 2.32. The maximum absolute atomic E-state index is 11.4. The van der Waals surface area contributed by atoms with Gasteiger partial charge >= 0.3 is 0 Å². The van der Waals surface area contributed by atoms with Gasteiger partial charge in [0.2, 0.25) is 0 Å². The van der Waals surface area contributed by atoms with Crippen LogP contribution in [0.3, 0.4) is 0 Å². The van der Waals surface area contributed by atoms with Crippen LogP contribution in [-0.2, 0) is 10.2 Å². The van der Waals surface area contributed by atoms with Gasteiger partial charge in [-0.2, -0.15) is 0 Å². The van der Waals surface area contributed by atoms with E-state index in [0.717, 1.165) is 34.2 Å². The lowest BCUT2D eigenvalue weighted by atomic mass is 9.70. The Hall–Kier alpha value is -1.89. The van der Waals surface area contributed by atoms with E-state index in [1.807, 2.05) is 52.0 Å². The molecule has 0 fully saturated rings. The fraction of sp³-hybridized carbons (Fsp3) is 0.519. The Morgan fingerprint density at radius 1 is 1.00 bits per heavy atom. The molecule has 0 aromatic heterocycles. The van der Waals surface area contributed by atoms with Crippen molar-refractivity contribution in [2.24, 2.45) is 5.41 Å². The van der Waals surface area contributed by atoms with Crippen molar-refractivity contribution in [1.29, 1.82) is 0 Å². The second kappa shape index (κ2) is 11.5. The van der Waals surface area contributed by atoms with Crippen molar-refractivity contribution in [1.82, 2.24) is 0 Å². The Bertz CT molecular complexity index is 944. The molecule has 2 rings (SSSR count). The number of ether oxygens (including phenoxy) is 2. The van der Waals surface area contributed by atoms with Crippen molar-refractivity contribution in [3.63, 3.8) is 0 Å². The number of benzene rings is 2. The molecule has 0 aliphatic heterocycles. The molecule has 33 heavy (non-hydrogen) atoms.